The van der Waals surface area contributed by atoms with E-state index in [1.54, 1.807) is 13.0 Å². The first-order chi connectivity index (χ1) is 6.60. The summed E-state index contributed by atoms with van der Waals surface area (Å²) in [6.07, 6.45) is 0. The maximum Gasteiger partial charge on any atom is 0.273 e. The van der Waals surface area contributed by atoms with Gasteiger partial charge in [0.05, 0.1) is 18.1 Å². The van der Waals surface area contributed by atoms with E-state index in [-0.39, 0.29) is 18.9 Å². The lowest BCUT2D eigenvalue weighted by atomic mass is 10.0. The molecule has 0 aliphatic carbocycles. The zero-order valence-electron chi connectivity index (χ0n) is 7.73. The second kappa shape index (κ2) is 4.17. The molecule has 0 heterocycles. The molecule has 2 N–H and O–H groups in total. The summed E-state index contributed by atoms with van der Waals surface area (Å²) in [7, 11) is 0. The number of hydrogen-bond donors (Lipinski definition) is 2. The monoisotopic (exact) mass is 197 g/mol. The Kier molecular flexibility index (Phi) is 3.16. The molecule has 0 aliphatic heterocycles. The molecule has 5 nitrogen and oxygen atoms in total. The lowest BCUT2D eigenvalue weighted by molar-refractivity contribution is -0.385. The molecule has 0 saturated carbocycles. The molecule has 76 valence electrons. The van der Waals surface area contributed by atoms with Gasteiger partial charge >= 0.3 is 0 Å². The van der Waals surface area contributed by atoms with Crippen LogP contribution < -0.4 is 0 Å². The topological polar surface area (TPSA) is 83.6 Å². The van der Waals surface area contributed by atoms with Crippen molar-refractivity contribution < 1.29 is 15.1 Å². The number of rotatable bonds is 3. The normalized spacial score (nSPS) is 10.2. The van der Waals surface area contributed by atoms with Crippen molar-refractivity contribution in [3.63, 3.8) is 0 Å². The van der Waals surface area contributed by atoms with E-state index in [9.17, 15) is 10.1 Å². The third-order valence-corrected chi connectivity index (χ3v) is 2.10. The van der Waals surface area contributed by atoms with Gasteiger partial charge in [-0.25, -0.2) is 0 Å². The van der Waals surface area contributed by atoms with Crippen LogP contribution in [0.4, 0.5) is 5.69 Å². The van der Waals surface area contributed by atoms with Gasteiger partial charge in [0.25, 0.3) is 5.69 Å². The molecule has 0 aliphatic rings. The molecule has 0 radical (unpaired) electrons. The van der Waals surface area contributed by atoms with Crippen LogP contribution in [0.5, 0.6) is 0 Å². The molecular weight excluding hydrogens is 186 g/mol. The number of aliphatic hydroxyl groups is 2. The number of nitrogens with zero attached hydrogens (tertiary/aromatic N) is 1. The van der Waals surface area contributed by atoms with Gasteiger partial charge in [-0.2, -0.15) is 0 Å². The molecule has 0 amide bonds. The molecule has 0 fully saturated rings. The molecule has 0 spiro atoms. The Morgan fingerprint density at radius 2 is 2.00 bits per heavy atom. The Morgan fingerprint density at radius 1 is 1.36 bits per heavy atom. The van der Waals surface area contributed by atoms with E-state index in [1.807, 2.05) is 0 Å². The van der Waals surface area contributed by atoms with Crippen molar-refractivity contribution in [3.05, 3.63) is 38.9 Å². The Labute approximate surface area is 80.8 Å². The molecule has 0 unspecified atom stereocenters. The standard InChI is InChI=1S/C9H11NO4/c1-6-8(5-12)2-7(4-11)3-9(6)10(13)14/h2-3,11-12H,4-5H2,1H3. The molecule has 0 saturated heterocycles. The molecule has 5 heteroatoms. The molecule has 1 rings (SSSR count). The lowest BCUT2D eigenvalue weighted by Gasteiger charge is -2.05. The van der Waals surface area contributed by atoms with Gasteiger partial charge in [-0.1, -0.05) is 6.07 Å². The van der Waals surface area contributed by atoms with Crippen LogP contribution >= 0.6 is 0 Å². The fourth-order valence-corrected chi connectivity index (χ4v) is 1.27. The van der Waals surface area contributed by atoms with Crippen molar-refractivity contribution in [3.8, 4) is 0 Å². The van der Waals surface area contributed by atoms with Crippen LogP contribution in [-0.2, 0) is 13.2 Å². The van der Waals surface area contributed by atoms with E-state index in [0.29, 0.717) is 16.7 Å². The maximum absolute atomic E-state index is 10.6. The molecular formula is C9H11NO4. The summed E-state index contributed by atoms with van der Waals surface area (Å²) < 4.78 is 0. The highest BCUT2D eigenvalue weighted by atomic mass is 16.6. The van der Waals surface area contributed by atoms with E-state index in [0.717, 1.165) is 0 Å². The molecule has 14 heavy (non-hydrogen) atoms. The molecule has 1 aromatic carbocycles. The quantitative estimate of drug-likeness (QED) is 0.556. The van der Waals surface area contributed by atoms with Crippen molar-refractivity contribution >= 4 is 5.69 Å². The predicted molar refractivity (Wildman–Crippen MR) is 49.7 cm³/mol. The first-order valence-electron chi connectivity index (χ1n) is 4.08. The van der Waals surface area contributed by atoms with Gasteiger partial charge in [-0.05, 0) is 18.1 Å². The van der Waals surface area contributed by atoms with Crippen LogP contribution in [-0.4, -0.2) is 15.1 Å². The van der Waals surface area contributed by atoms with Gasteiger partial charge in [0, 0.05) is 11.6 Å². The summed E-state index contributed by atoms with van der Waals surface area (Å²) in [5.41, 5.74) is 1.28. The number of nitro groups is 1. The zero-order chi connectivity index (χ0) is 10.7. The summed E-state index contributed by atoms with van der Waals surface area (Å²) in [5, 5.41) is 28.4. The van der Waals surface area contributed by atoms with E-state index in [1.165, 1.54) is 6.07 Å². The largest absolute Gasteiger partial charge is 0.392 e. The Balaban J connectivity index is 3.34. The van der Waals surface area contributed by atoms with Crippen molar-refractivity contribution in [1.29, 1.82) is 0 Å². The van der Waals surface area contributed by atoms with Crippen LogP contribution in [0, 0.1) is 17.0 Å². The van der Waals surface area contributed by atoms with Crippen molar-refractivity contribution in [2.75, 3.05) is 0 Å². The van der Waals surface area contributed by atoms with Crippen LogP contribution in [0.1, 0.15) is 16.7 Å². The van der Waals surface area contributed by atoms with Crippen molar-refractivity contribution in [2.24, 2.45) is 0 Å². The second-order valence-corrected chi connectivity index (χ2v) is 2.97. The minimum Gasteiger partial charge on any atom is -0.392 e. The Bertz CT molecular complexity index is 362. The average Bonchev–Trinajstić information content (AvgIpc) is 2.17. The highest BCUT2D eigenvalue weighted by Crippen LogP contribution is 2.23. The van der Waals surface area contributed by atoms with Gasteiger partial charge in [0.15, 0.2) is 0 Å². The van der Waals surface area contributed by atoms with Gasteiger partial charge in [-0.3, -0.25) is 10.1 Å². The lowest BCUT2D eigenvalue weighted by Crippen LogP contribution is -1.99. The first kappa shape index (κ1) is 10.6. The Hall–Kier alpha value is -1.46. The summed E-state index contributed by atoms with van der Waals surface area (Å²) in [6, 6.07) is 2.87. The minimum atomic E-state index is -0.520. The fourth-order valence-electron chi connectivity index (χ4n) is 1.27. The molecule has 0 aromatic heterocycles. The predicted octanol–water partition coefficient (Wildman–Crippen LogP) is 0.888. The third kappa shape index (κ3) is 1.89. The smallest absolute Gasteiger partial charge is 0.273 e. The van der Waals surface area contributed by atoms with E-state index < -0.39 is 4.92 Å². The van der Waals surface area contributed by atoms with Crippen LogP contribution in [0.25, 0.3) is 0 Å². The number of aliphatic hydroxyl groups excluding tert-OH is 2. The molecule has 0 atom stereocenters. The van der Waals surface area contributed by atoms with Gasteiger partial charge < -0.3 is 10.2 Å². The summed E-state index contributed by atoms with van der Waals surface area (Å²) in [4.78, 5) is 10.1. The maximum atomic E-state index is 10.6. The first-order valence-corrected chi connectivity index (χ1v) is 4.08. The average molecular weight is 197 g/mol. The van der Waals surface area contributed by atoms with Gasteiger partial charge in [0.2, 0.25) is 0 Å². The third-order valence-electron chi connectivity index (χ3n) is 2.10. The van der Waals surface area contributed by atoms with Crippen LogP contribution in [0.3, 0.4) is 0 Å². The summed E-state index contributed by atoms with van der Waals surface area (Å²) in [5.74, 6) is 0. The number of hydrogen-bond acceptors (Lipinski definition) is 4. The summed E-state index contributed by atoms with van der Waals surface area (Å²) >= 11 is 0. The van der Waals surface area contributed by atoms with Crippen LogP contribution in [0.2, 0.25) is 0 Å². The highest BCUT2D eigenvalue weighted by molar-refractivity contribution is 5.47. The van der Waals surface area contributed by atoms with E-state index >= 15 is 0 Å². The SMILES string of the molecule is Cc1c(CO)cc(CO)cc1[N+](=O)[O-]. The summed E-state index contributed by atoms with van der Waals surface area (Å²) in [6.45, 7) is 1.04. The van der Waals surface area contributed by atoms with Crippen molar-refractivity contribution in [1.82, 2.24) is 0 Å². The minimum absolute atomic E-state index is 0.0689. The number of benzene rings is 1. The zero-order valence-corrected chi connectivity index (χ0v) is 7.73. The van der Waals surface area contributed by atoms with Crippen molar-refractivity contribution in [2.45, 2.75) is 20.1 Å². The second-order valence-electron chi connectivity index (χ2n) is 2.97. The van der Waals surface area contributed by atoms with Gasteiger partial charge in [0.1, 0.15) is 0 Å². The van der Waals surface area contributed by atoms with Crippen LogP contribution in [0.15, 0.2) is 12.1 Å². The fraction of sp³-hybridized carbons (Fsp3) is 0.333. The highest BCUT2D eigenvalue weighted by Gasteiger charge is 2.14. The Morgan fingerprint density at radius 3 is 2.43 bits per heavy atom. The number of nitro benzene ring substituents is 1. The molecule has 0 bridgehead atoms. The molecule has 1 aromatic rings. The van der Waals surface area contributed by atoms with E-state index in [4.69, 9.17) is 10.2 Å². The van der Waals surface area contributed by atoms with Gasteiger partial charge in [-0.15, -0.1) is 0 Å². The van der Waals surface area contributed by atoms with E-state index in [2.05, 4.69) is 0 Å².